The quantitative estimate of drug-likeness (QED) is 0.0471. The summed E-state index contributed by atoms with van der Waals surface area (Å²) in [7, 11) is 0. The summed E-state index contributed by atoms with van der Waals surface area (Å²) in [5.74, 6) is 0. The van der Waals surface area contributed by atoms with Crippen LogP contribution in [0.15, 0.2) is 24.3 Å². The summed E-state index contributed by atoms with van der Waals surface area (Å²) in [6.45, 7) is 13.9. The van der Waals surface area contributed by atoms with Gasteiger partial charge in [-0.3, -0.25) is 0 Å². The Labute approximate surface area is 373 Å². The van der Waals surface area contributed by atoms with Gasteiger partial charge in [0.15, 0.2) is 0 Å². The Bertz CT molecular complexity index is 1960. The molecule has 0 radical (unpaired) electrons. The van der Waals surface area contributed by atoms with Crippen molar-refractivity contribution in [2.24, 2.45) is 0 Å². The highest BCUT2D eigenvalue weighted by molar-refractivity contribution is 7.00. The number of aryl methyl sites for hydroxylation is 2. The minimum atomic E-state index is -0.0219. The normalized spacial score (nSPS) is 14.6. The molecule has 5 aromatic rings. The molecule has 60 heavy (non-hydrogen) atoms. The highest BCUT2D eigenvalue weighted by Gasteiger charge is 2.49. The number of hydrogen-bond acceptors (Lipinski definition) is 6. The molecule has 4 nitrogen and oxygen atoms in total. The lowest BCUT2D eigenvalue weighted by Gasteiger charge is -2.35. The third-order valence-corrected chi connectivity index (χ3v) is 16.1. The molecule has 326 valence electrons. The number of benzene rings is 3. The molecule has 0 fully saturated rings. The molecule has 2 heterocycles. The van der Waals surface area contributed by atoms with Crippen LogP contribution >= 0.6 is 23.5 Å². The second-order valence-electron chi connectivity index (χ2n) is 19.3. The number of rotatable bonds is 28. The summed E-state index contributed by atoms with van der Waals surface area (Å²) >= 11 is 2.82. The molecule has 0 bridgehead atoms. The van der Waals surface area contributed by atoms with Crippen LogP contribution in [0.2, 0.25) is 0 Å². The Morgan fingerprint density at radius 2 is 0.633 bits per heavy atom. The van der Waals surface area contributed by atoms with Crippen LogP contribution in [0.3, 0.4) is 0 Å². The SMILES string of the molecule is CCCCCCCCC1(CCCCCCCC)c2cc3c(cc2-c2c1cc(C)c1nsnc21)C(CCCCCCCC)(CCCCCCCC)c1cc(C)c2nsnc2c1-3. The van der Waals surface area contributed by atoms with E-state index in [1.54, 1.807) is 22.3 Å². The summed E-state index contributed by atoms with van der Waals surface area (Å²) in [6.07, 6.45) is 36.7. The van der Waals surface area contributed by atoms with Gasteiger partial charge in [0.05, 0.1) is 23.5 Å². The summed E-state index contributed by atoms with van der Waals surface area (Å²) in [5.41, 5.74) is 19.1. The van der Waals surface area contributed by atoms with Crippen LogP contribution in [0.1, 0.15) is 241 Å². The monoisotopic (exact) mass is 847 g/mol. The van der Waals surface area contributed by atoms with Crippen LogP contribution in [0.25, 0.3) is 44.3 Å². The molecule has 0 N–H and O–H groups in total. The van der Waals surface area contributed by atoms with E-state index >= 15 is 0 Å². The first-order valence-electron chi connectivity index (χ1n) is 25.2. The maximum atomic E-state index is 5.17. The van der Waals surface area contributed by atoms with Gasteiger partial charge in [0, 0.05) is 22.0 Å². The topological polar surface area (TPSA) is 51.6 Å². The van der Waals surface area contributed by atoms with Crippen molar-refractivity contribution in [1.82, 2.24) is 17.5 Å². The summed E-state index contributed by atoms with van der Waals surface area (Å²) in [4.78, 5) is 0. The fourth-order valence-corrected chi connectivity index (χ4v) is 13.0. The minimum Gasteiger partial charge on any atom is -0.173 e. The Morgan fingerprint density at radius 1 is 0.350 bits per heavy atom. The van der Waals surface area contributed by atoms with E-state index in [-0.39, 0.29) is 10.8 Å². The second kappa shape index (κ2) is 21.6. The highest BCUT2D eigenvalue weighted by Crippen LogP contribution is 2.63. The molecule has 0 spiro atoms. The summed E-state index contributed by atoms with van der Waals surface area (Å²) in [5, 5.41) is 0. The van der Waals surface area contributed by atoms with Crippen LogP contribution in [-0.2, 0) is 10.8 Å². The maximum Gasteiger partial charge on any atom is 0.113 e. The molecule has 0 atom stereocenters. The van der Waals surface area contributed by atoms with Gasteiger partial charge in [-0.05, 0) is 96.2 Å². The smallest absolute Gasteiger partial charge is 0.113 e. The van der Waals surface area contributed by atoms with Gasteiger partial charge in [0.25, 0.3) is 0 Å². The van der Waals surface area contributed by atoms with Crippen LogP contribution < -0.4 is 0 Å². The number of unbranched alkanes of at least 4 members (excludes halogenated alkanes) is 20. The van der Waals surface area contributed by atoms with E-state index in [0.29, 0.717) is 0 Å². The van der Waals surface area contributed by atoms with E-state index in [0.717, 1.165) is 22.1 Å². The Balaban J connectivity index is 1.41. The van der Waals surface area contributed by atoms with Gasteiger partial charge < -0.3 is 0 Å². The average molecular weight is 847 g/mol. The van der Waals surface area contributed by atoms with Crippen molar-refractivity contribution in [2.45, 2.75) is 232 Å². The first-order chi connectivity index (χ1) is 29.5. The van der Waals surface area contributed by atoms with Gasteiger partial charge in [-0.2, -0.15) is 17.5 Å². The van der Waals surface area contributed by atoms with Gasteiger partial charge in [0.1, 0.15) is 22.1 Å². The molecule has 6 heteroatoms. The van der Waals surface area contributed by atoms with Gasteiger partial charge in [0.2, 0.25) is 0 Å². The van der Waals surface area contributed by atoms with Crippen molar-refractivity contribution in [3.63, 3.8) is 0 Å². The highest BCUT2D eigenvalue weighted by atomic mass is 32.1. The number of hydrogen-bond donors (Lipinski definition) is 0. The van der Waals surface area contributed by atoms with E-state index in [1.165, 1.54) is 237 Å². The van der Waals surface area contributed by atoms with Crippen molar-refractivity contribution in [2.75, 3.05) is 0 Å². The van der Waals surface area contributed by atoms with E-state index < -0.39 is 0 Å². The lowest BCUT2D eigenvalue weighted by atomic mass is 9.68. The Morgan fingerprint density at radius 3 is 0.950 bits per heavy atom. The molecular weight excluding hydrogens is 769 g/mol. The molecule has 2 aliphatic rings. The number of aromatic nitrogens is 4. The van der Waals surface area contributed by atoms with E-state index in [4.69, 9.17) is 17.5 Å². The lowest BCUT2D eigenvalue weighted by molar-refractivity contribution is 0.394. The Kier molecular flexibility index (Phi) is 16.3. The average Bonchev–Trinajstić information content (AvgIpc) is 4.04. The summed E-state index contributed by atoms with van der Waals surface area (Å²) < 4.78 is 20.3. The zero-order valence-corrected chi connectivity index (χ0v) is 40.3. The van der Waals surface area contributed by atoms with E-state index in [9.17, 15) is 0 Å². The van der Waals surface area contributed by atoms with E-state index in [1.807, 2.05) is 0 Å². The van der Waals surface area contributed by atoms with Crippen LogP contribution in [0.4, 0.5) is 0 Å². The molecule has 3 aromatic carbocycles. The molecule has 0 aliphatic heterocycles. The Hall–Kier alpha value is -2.70. The maximum absolute atomic E-state index is 5.17. The fourth-order valence-electron chi connectivity index (χ4n) is 11.7. The third-order valence-electron chi connectivity index (χ3n) is 15.0. The van der Waals surface area contributed by atoms with Crippen molar-refractivity contribution < 1.29 is 0 Å². The molecule has 7 rings (SSSR count). The molecular formula is C54H78N4S2. The molecule has 0 unspecified atom stereocenters. The minimum absolute atomic E-state index is 0.0219. The zero-order valence-electron chi connectivity index (χ0n) is 38.7. The number of nitrogens with zero attached hydrogens (tertiary/aromatic N) is 4. The lowest BCUT2D eigenvalue weighted by Crippen LogP contribution is -2.27. The fraction of sp³-hybridized carbons (Fsp3) is 0.667. The zero-order chi connectivity index (χ0) is 42.0. The largest absolute Gasteiger partial charge is 0.173 e. The first-order valence-corrected chi connectivity index (χ1v) is 26.6. The van der Waals surface area contributed by atoms with E-state index in [2.05, 4.69) is 65.8 Å². The van der Waals surface area contributed by atoms with Gasteiger partial charge >= 0.3 is 0 Å². The van der Waals surface area contributed by atoms with Crippen molar-refractivity contribution >= 4 is 45.5 Å². The van der Waals surface area contributed by atoms with Crippen molar-refractivity contribution in [1.29, 1.82) is 0 Å². The second-order valence-corrected chi connectivity index (χ2v) is 20.4. The van der Waals surface area contributed by atoms with Gasteiger partial charge in [-0.25, -0.2) is 0 Å². The number of fused-ring (bicyclic) bond motifs is 10. The first kappa shape index (κ1) is 45.3. The molecule has 0 saturated carbocycles. The molecule has 2 aromatic heterocycles. The van der Waals surface area contributed by atoms with Crippen LogP contribution in [0, 0.1) is 13.8 Å². The molecule has 0 saturated heterocycles. The van der Waals surface area contributed by atoms with Crippen LogP contribution in [-0.4, -0.2) is 17.5 Å². The third kappa shape index (κ3) is 9.18. The predicted molar refractivity (Wildman–Crippen MR) is 262 cm³/mol. The van der Waals surface area contributed by atoms with Crippen LogP contribution in [0.5, 0.6) is 0 Å². The summed E-state index contributed by atoms with van der Waals surface area (Å²) in [6, 6.07) is 10.7. The van der Waals surface area contributed by atoms with Gasteiger partial charge in [-0.15, -0.1) is 0 Å². The van der Waals surface area contributed by atoms with Crippen molar-refractivity contribution in [3.05, 3.63) is 57.6 Å². The molecule has 2 aliphatic carbocycles. The van der Waals surface area contributed by atoms with Crippen molar-refractivity contribution in [3.8, 4) is 22.3 Å². The van der Waals surface area contributed by atoms with Gasteiger partial charge in [-0.1, -0.05) is 194 Å². The molecule has 0 amide bonds. The predicted octanol–water partition coefficient (Wildman–Crippen LogP) is 17.8. The standard InChI is InChI=1S/C54H78N4S2/c1-7-11-15-19-23-27-31-53(32-28-24-20-16-12-8-2)43-37-42-44(38-41(43)47-45(53)35-39(5)49-51(47)57-59-55-49)54(33-29-25-21-17-13-9-3,34-30-26-22-18-14-10-4)46-36-40(6)50-52(48(42)46)58-60-56-50/h35-38H,7-34H2,1-6H3.